The molecule has 0 unspecified atom stereocenters. The Bertz CT molecular complexity index is 409. The van der Waals surface area contributed by atoms with Gasteiger partial charge in [-0.1, -0.05) is 47.0 Å². The quantitative estimate of drug-likeness (QED) is 0.744. The number of carbonyl (C=O) groups is 2. The third-order valence-electron chi connectivity index (χ3n) is 5.77. The van der Waals surface area contributed by atoms with E-state index in [0.717, 1.165) is 19.3 Å². The fourth-order valence-electron chi connectivity index (χ4n) is 3.49. The molecule has 2 aliphatic carbocycles. The maximum absolute atomic E-state index is 12.2. The van der Waals surface area contributed by atoms with Gasteiger partial charge in [0.1, 0.15) is 5.54 Å². The van der Waals surface area contributed by atoms with Crippen LogP contribution in [0.4, 0.5) is 4.79 Å². The average molecular weight is 282 g/mol. The summed E-state index contributed by atoms with van der Waals surface area (Å²) in [6.45, 7) is 8.47. The van der Waals surface area contributed by atoms with E-state index in [1.807, 2.05) is 0 Å². The molecular weight excluding hydrogens is 256 g/mol. The van der Waals surface area contributed by atoms with Gasteiger partial charge < -0.3 is 15.7 Å². The summed E-state index contributed by atoms with van der Waals surface area (Å²) < 4.78 is 0. The van der Waals surface area contributed by atoms with Crippen molar-refractivity contribution in [3.05, 3.63) is 0 Å². The minimum Gasteiger partial charge on any atom is -0.480 e. The van der Waals surface area contributed by atoms with Crippen LogP contribution < -0.4 is 10.6 Å². The molecule has 0 spiro atoms. The van der Waals surface area contributed by atoms with Crippen molar-refractivity contribution >= 4 is 12.0 Å². The largest absolute Gasteiger partial charge is 0.480 e. The first-order valence-electron chi connectivity index (χ1n) is 7.45. The van der Waals surface area contributed by atoms with E-state index < -0.39 is 11.5 Å². The number of carboxylic acid groups (broad SMARTS) is 1. The maximum Gasteiger partial charge on any atom is 0.329 e. The zero-order valence-corrected chi connectivity index (χ0v) is 12.9. The van der Waals surface area contributed by atoms with Crippen LogP contribution in [0.15, 0.2) is 0 Å². The second-order valence-corrected chi connectivity index (χ2v) is 7.42. The predicted molar refractivity (Wildman–Crippen MR) is 76.5 cm³/mol. The Balaban J connectivity index is 1.99. The first kappa shape index (κ1) is 15.1. The van der Waals surface area contributed by atoms with Crippen LogP contribution in [0.25, 0.3) is 0 Å². The average Bonchev–Trinajstić information content (AvgIpc) is 2.72. The molecule has 0 bridgehead atoms. The van der Waals surface area contributed by atoms with Crippen molar-refractivity contribution in [2.45, 2.75) is 71.4 Å². The summed E-state index contributed by atoms with van der Waals surface area (Å²) in [5, 5.41) is 15.1. The van der Waals surface area contributed by atoms with Crippen LogP contribution in [-0.4, -0.2) is 28.7 Å². The molecule has 5 nitrogen and oxygen atoms in total. The summed E-state index contributed by atoms with van der Waals surface area (Å²) >= 11 is 0. The lowest BCUT2D eigenvalue weighted by molar-refractivity contribution is -0.145. The SMILES string of the molecule is CC1(C)C(NC(=O)NC2(C(=O)O)CCCCC2)C1(C)C. The third-order valence-corrected chi connectivity index (χ3v) is 5.77. The van der Waals surface area contributed by atoms with Gasteiger partial charge in [0, 0.05) is 6.04 Å². The molecule has 2 rings (SSSR count). The van der Waals surface area contributed by atoms with E-state index in [4.69, 9.17) is 0 Å². The summed E-state index contributed by atoms with van der Waals surface area (Å²) in [6.07, 6.45) is 3.79. The Labute approximate surface area is 120 Å². The van der Waals surface area contributed by atoms with Crippen molar-refractivity contribution < 1.29 is 14.7 Å². The lowest BCUT2D eigenvalue weighted by Crippen LogP contribution is -2.58. The van der Waals surface area contributed by atoms with Gasteiger partial charge in [0.05, 0.1) is 0 Å². The van der Waals surface area contributed by atoms with Crippen LogP contribution in [-0.2, 0) is 4.79 Å². The number of urea groups is 1. The number of carbonyl (C=O) groups excluding carboxylic acids is 1. The van der Waals surface area contributed by atoms with Crippen LogP contribution in [0.1, 0.15) is 59.8 Å². The maximum atomic E-state index is 12.2. The predicted octanol–water partition coefficient (Wildman–Crippen LogP) is 2.51. The van der Waals surface area contributed by atoms with Gasteiger partial charge in [0.25, 0.3) is 0 Å². The second-order valence-electron chi connectivity index (χ2n) is 7.42. The second kappa shape index (κ2) is 4.64. The van der Waals surface area contributed by atoms with Crippen molar-refractivity contribution in [2.24, 2.45) is 10.8 Å². The fraction of sp³-hybridized carbons (Fsp3) is 0.867. The summed E-state index contributed by atoms with van der Waals surface area (Å²) in [7, 11) is 0. The Hall–Kier alpha value is -1.26. The van der Waals surface area contributed by atoms with Crippen molar-refractivity contribution in [2.75, 3.05) is 0 Å². The van der Waals surface area contributed by atoms with Gasteiger partial charge in [-0.3, -0.25) is 0 Å². The zero-order valence-electron chi connectivity index (χ0n) is 12.9. The highest BCUT2D eigenvalue weighted by Crippen LogP contribution is 2.62. The number of hydrogen-bond donors (Lipinski definition) is 3. The van der Waals surface area contributed by atoms with E-state index in [1.165, 1.54) is 0 Å². The van der Waals surface area contributed by atoms with Gasteiger partial charge in [0.2, 0.25) is 0 Å². The molecule has 0 aliphatic heterocycles. The molecule has 0 aromatic rings. The minimum absolute atomic E-state index is 0.0489. The molecule has 0 atom stereocenters. The smallest absolute Gasteiger partial charge is 0.329 e. The molecule has 2 aliphatic rings. The van der Waals surface area contributed by atoms with E-state index in [-0.39, 0.29) is 22.9 Å². The van der Waals surface area contributed by atoms with Gasteiger partial charge in [-0.15, -0.1) is 0 Å². The molecule has 3 N–H and O–H groups in total. The molecule has 2 amide bonds. The molecule has 0 radical (unpaired) electrons. The van der Waals surface area contributed by atoms with Crippen molar-refractivity contribution in [3.8, 4) is 0 Å². The Morgan fingerprint density at radius 3 is 1.90 bits per heavy atom. The van der Waals surface area contributed by atoms with Crippen LogP contribution in [0.3, 0.4) is 0 Å². The molecule has 20 heavy (non-hydrogen) atoms. The molecule has 2 fully saturated rings. The Morgan fingerprint density at radius 2 is 1.50 bits per heavy atom. The molecule has 0 saturated heterocycles. The first-order valence-corrected chi connectivity index (χ1v) is 7.45. The van der Waals surface area contributed by atoms with Gasteiger partial charge in [-0.2, -0.15) is 0 Å². The Morgan fingerprint density at radius 1 is 1.00 bits per heavy atom. The van der Waals surface area contributed by atoms with Crippen LogP contribution in [0, 0.1) is 10.8 Å². The monoisotopic (exact) mass is 282 g/mol. The van der Waals surface area contributed by atoms with E-state index >= 15 is 0 Å². The number of amides is 2. The summed E-state index contributed by atoms with van der Waals surface area (Å²) in [5.41, 5.74) is -0.980. The highest BCUT2D eigenvalue weighted by Gasteiger charge is 2.65. The normalized spacial score (nSPS) is 26.6. The van der Waals surface area contributed by atoms with Crippen molar-refractivity contribution in [3.63, 3.8) is 0 Å². The van der Waals surface area contributed by atoms with Gasteiger partial charge in [0.15, 0.2) is 0 Å². The summed E-state index contributed by atoms with van der Waals surface area (Å²) in [4.78, 5) is 23.7. The number of rotatable bonds is 3. The van der Waals surface area contributed by atoms with E-state index in [1.54, 1.807) is 0 Å². The summed E-state index contributed by atoms with van der Waals surface area (Å²) in [6, 6.07) is -0.262. The molecule has 0 aromatic heterocycles. The molecule has 0 aromatic carbocycles. The first-order chi connectivity index (χ1) is 9.13. The van der Waals surface area contributed by atoms with E-state index in [9.17, 15) is 14.7 Å². The standard InChI is InChI=1S/C15H26N2O3/c1-13(2)10(14(13,3)4)16-12(20)17-15(11(18)19)8-6-5-7-9-15/h10H,5-9H2,1-4H3,(H,18,19)(H2,16,17,20). The lowest BCUT2D eigenvalue weighted by Gasteiger charge is -2.34. The molecule has 5 heteroatoms. The van der Waals surface area contributed by atoms with Gasteiger partial charge >= 0.3 is 12.0 Å². The van der Waals surface area contributed by atoms with E-state index in [0.29, 0.717) is 12.8 Å². The molecule has 0 heterocycles. The lowest BCUT2D eigenvalue weighted by atomic mass is 9.82. The van der Waals surface area contributed by atoms with Crippen LogP contribution >= 0.6 is 0 Å². The highest BCUT2D eigenvalue weighted by molar-refractivity contribution is 5.86. The third kappa shape index (κ3) is 2.27. The van der Waals surface area contributed by atoms with Gasteiger partial charge in [-0.25, -0.2) is 9.59 Å². The number of carboxylic acids is 1. The highest BCUT2D eigenvalue weighted by atomic mass is 16.4. The molecule has 2 saturated carbocycles. The van der Waals surface area contributed by atoms with Crippen molar-refractivity contribution in [1.82, 2.24) is 10.6 Å². The number of nitrogens with one attached hydrogen (secondary N) is 2. The molecular formula is C15H26N2O3. The topological polar surface area (TPSA) is 78.4 Å². The molecule has 114 valence electrons. The number of hydrogen-bond acceptors (Lipinski definition) is 2. The number of aliphatic carboxylic acids is 1. The van der Waals surface area contributed by atoms with E-state index in [2.05, 4.69) is 38.3 Å². The zero-order chi connectivity index (χ0) is 15.2. The van der Waals surface area contributed by atoms with Crippen molar-refractivity contribution in [1.29, 1.82) is 0 Å². The summed E-state index contributed by atoms with van der Waals surface area (Å²) in [5.74, 6) is -0.915. The Kier molecular flexibility index (Phi) is 3.51. The van der Waals surface area contributed by atoms with Crippen LogP contribution in [0.5, 0.6) is 0 Å². The van der Waals surface area contributed by atoms with Crippen LogP contribution in [0.2, 0.25) is 0 Å². The van der Waals surface area contributed by atoms with Gasteiger partial charge in [-0.05, 0) is 23.7 Å². The fourth-order valence-corrected chi connectivity index (χ4v) is 3.49. The minimum atomic E-state index is -1.08.